The minimum atomic E-state index is -0.723. The number of hydrogen-bond donors (Lipinski definition) is 0. The number of carbonyl (C=O) groups is 3. The molecule has 6 nitrogen and oxygen atoms in total. The van der Waals surface area contributed by atoms with E-state index in [0.717, 1.165) is 0 Å². The molecule has 2 amide bonds. The van der Waals surface area contributed by atoms with Gasteiger partial charge in [0.15, 0.2) is 5.69 Å². The monoisotopic (exact) mass is 426 g/mol. The predicted molar refractivity (Wildman–Crippen MR) is 101 cm³/mol. The van der Waals surface area contributed by atoms with Gasteiger partial charge in [-0.3, -0.25) is 14.5 Å². The second kappa shape index (κ2) is 8.25. The molecule has 1 aromatic heterocycles. The van der Waals surface area contributed by atoms with Gasteiger partial charge in [-0.1, -0.05) is 46.9 Å². The van der Waals surface area contributed by atoms with E-state index in [0.29, 0.717) is 24.0 Å². The molecule has 0 atom stereocenters. The first-order valence-electron chi connectivity index (χ1n) is 8.03. The van der Waals surface area contributed by atoms with Gasteiger partial charge in [0.05, 0.1) is 32.8 Å². The number of halogens is 3. The summed E-state index contributed by atoms with van der Waals surface area (Å²) in [6, 6.07) is 6.70. The highest BCUT2D eigenvalue weighted by atomic mass is 35.5. The Hall–Kier alpha value is -2.15. The van der Waals surface area contributed by atoms with Crippen LogP contribution in [0.1, 0.15) is 44.0 Å². The molecule has 0 saturated carbocycles. The van der Waals surface area contributed by atoms with E-state index in [2.05, 4.69) is 4.98 Å². The van der Waals surface area contributed by atoms with Crippen molar-refractivity contribution in [3.8, 4) is 0 Å². The van der Waals surface area contributed by atoms with Crippen LogP contribution in [0, 0.1) is 0 Å². The van der Waals surface area contributed by atoms with Crippen LogP contribution < -0.4 is 0 Å². The molecule has 140 valence electrons. The number of rotatable bonds is 6. The largest absolute Gasteiger partial charge is 0.461 e. The second-order valence-electron chi connectivity index (χ2n) is 5.73. The first-order valence-corrected chi connectivity index (χ1v) is 9.17. The molecule has 2 heterocycles. The summed E-state index contributed by atoms with van der Waals surface area (Å²) in [6.45, 7) is 0.329. The van der Waals surface area contributed by atoms with E-state index in [9.17, 15) is 14.4 Å². The lowest BCUT2D eigenvalue weighted by Crippen LogP contribution is -2.30. The highest BCUT2D eigenvalue weighted by Gasteiger charge is 2.34. The Morgan fingerprint density at radius 2 is 1.63 bits per heavy atom. The van der Waals surface area contributed by atoms with Gasteiger partial charge in [-0.15, -0.1) is 0 Å². The van der Waals surface area contributed by atoms with Crippen molar-refractivity contribution in [1.82, 2.24) is 9.88 Å². The SMILES string of the molecule is O=C(OCCCCN1C(=O)c2ccccc2C1=O)c1ncc(Cl)c(Cl)c1Cl. The molecule has 0 spiro atoms. The van der Waals surface area contributed by atoms with Crippen molar-refractivity contribution in [3.05, 3.63) is 62.4 Å². The van der Waals surface area contributed by atoms with Crippen LogP contribution in [0.25, 0.3) is 0 Å². The Morgan fingerprint density at radius 3 is 2.26 bits per heavy atom. The average molecular weight is 428 g/mol. The maximum atomic E-state index is 12.2. The van der Waals surface area contributed by atoms with Crippen molar-refractivity contribution >= 4 is 52.6 Å². The van der Waals surface area contributed by atoms with Crippen LogP contribution in [-0.4, -0.2) is 40.8 Å². The zero-order valence-corrected chi connectivity index (χ0v) is 16.1. The van der Waals surface area contributed by atoms with Gasteiger partial charge in [0.25, 0.3) is 11.8 Å². The van der Waals surface area contributed by atoms with Gasteiger partial charge in [0.1, 0.15) is 0 Å². The Kier molecular flexibility index (Phi) is 5.99. The number of fused-ring (bicyclic) bond motifs is 1. The molecular formula is C18H13Cl3N2O4. The first-order chi connectivity index (χ1) is 12.9. The summed E-state index contributed by atoms with van der Waals surface area (Å²) in [4.78, 5) is 41.5. The van der Waals surface area contributed by atoms with Gasteiger partial charge in [-0.05, 0) is 25.0 Å². The summed E-state index contributed by atoms with van der Waals surface area (Å²) in [6.07, 6.45) is 2.16. The zero-order chi connectivity index (χ0) is 19.6. The maximum Gasteiger partial charge on any atom is 0.358 e. The van der Waals surface area contributed by atoms with Crippen molar-refractivity contribution in [1.29, 1.82) is 0 Å². The fourth-order valence-electron chi connectivity index (χ4n) is 2.63. The van der Waals surface area contributed by atoms with Gasteiger partial charge in [0, 0.05) is 12.7 Å². The number of unbranched alkanes of at least 4 members (excludes halogenated alkanes) is 1. The number of benzene rings is 1. The summed E-state index contributed by atoms with van der Waals surface area (Å²) >= 11 is 17.6. The summed E-state index contributed by atoms with van der Waals surface area (Å²) in [5.41, 5.74) is 0.704. The third-order valence-electron chi connectivity index (χ3n) is 4.00. The third-order valence-corrected chi connectivity index (χ3v) is 5.24. The van der Waals surface area contributed by atoms with Crippen LogP contribution in [0.15, 0.2) is 30.5 Å². The molecule has 1 aliphatic heterocycles. The molecule has 0 fully saturated rings. The van der Waals surface area contributed by atoms with Gasteiger partial charge in [-0.25, -0.2) is 9.78 Å². The molecule has 0 bridgehead atoms. The Bertz CT molecular complexity index is 898. The molecule has 27 heavy (non-hydrogen) atoms. The number of carbonyl (C=O) groups excluding carboxylic acids is 3. The molecule has 1 aromatic carbocycles. The molecule has 1 aliphatic rings. The average Bonchev–Trinajstić information content (AvgIpc) is 2.91. The number of ether oxygens (including phenoxy) is 1. The van der Waals surface area contributed by atoms with E-state index in [4.69, 9.17) is 39.5 Å². The summed E-state index contributed by atoms with van der Waals surface area (Å²) < 4.78 is 5.11. The molecule has 3 rings (SSSR count). The van der Waals surface area contributed by atoms with Crippen LogP contribution in [0.5, 0.6) is 0 Å². The standard InChI is InChI=1S/C18H13Cl3N2O4/c19-12-9-22-15(14(21)13(12)20)18(26)27-8-4-3-7-23-16(24)10-5-1-2-6-11(10)17(23)25/h1-2,5-6,9H,3-4,7-8H2. The van der Waals surface area contributed by atoms with Crippen LogP contribution >= 0.6 is 34.8 Å². The highest BCUT2D eigenvalue weighted by molar-refractivity contribution is 6.48. The third kappa shape index (κ3) is 3.93. The molecule has 0 unspecified atom stereocenters. The van der Waals surface area contributed by atoms with Gasteiger partial charge < -0.3 is 4.74 Å². The molecule has 0 N–H and O–H groups in total. The summed E-state index contributed by atoms with van der Waals surface area (Å²) in [5, 5.41) is 0.102. The van der Waals surface area contributed by atoms with E-state index in [-0.39, 0.29) is 45.7 Å². The van der Waals surface area contributed by atoms with Crippen molar-refractivity contribution < 1.29 is 19.1 Å². The number of nitrogens with zero attached hydrogens (tertiary/aromatic N) is 2. The normalized spacial score (nSPS) is 13.1. The minimum Gasteiger partial charge on any atom is -0.461 e. The van der Waals surface area contributed by atoms with Crippen LogP contribution in [-0.2, 0) is 4.74 Å². The van der Waals surface area contributed by atoms with Crippen molar-refractivity contribution in [2.75, 3.05) is 13.2 Å². The zero-order valence-electron chi connectivity index (χ0n) is 13.9. The number of hydrogen-bond acceptors (Lipinski definition) is 5. The summed E-state index contributed by atoms with van der Waals surface area (Å²) in [5.74, 6) is -1.34. The first kappa shape index (κ1) is 19.6. The number of aromatic nitrogens is 1. The van der Waals surface area contributed by atoms with Crippen LogP contribution in [0.2, 0.25) is 15.1 Å². The van der Waals surface area contributed by atoms with E-state index >= 15 is 0 Å². The van der Waals surface area contributed by atoms with E-state index in [1.807, 2.05) is 0 Å². The fourth-order valence-corrected chi connectivity index (χ4v) is 3.19. The number of amides is 2. The Morgan fingerprint density at radius 1 is 1.00 bits per heavy atom. The van der Waals surface area contributed by atoms with Gasteiger partial charge >= 0.3 is 5.97 Å². The summed E-state index contributed by atoms with van der Waals surface area (Å²) in [7, 11) is 0. The molecule has 2 aromatic rings. The van der Waals surface area contributed by atoms with Crippen LogP contribution in [0.3, 0.4) is 0 Å². The Labute approximate surface area is 170 Å². The van der Waals surface area contributed by atoms with Gasteiger partial charge in [-0.2, -0.15) is 0 Å². The number of pyridine rings is 1. The molecule has 9 heteroatoms. The lowest BCUT2D eigenvalue weighted by atomic mass is 10.1. The lowest BCUT2D eigenvalue weighted by Gasteiger charge is -2.13. The molecule has 0 aliphatic carbocycles. The fraction of sp³-hybridized carbons (Fsp3) is 0.222. The van der Waals surface area contributed by atoms with E-state index in [1.165, 1.54) is 11.1 Å². The Balaban J connectivity index is 1.48. The predicted octanol–water partition coefficient (Wildman–Crippen LogP) is 4.28. The highest BCUT2D eigenvalue weighted by Crippen LogP contribution is 2.31. The minimum absolute atomic E-state index is 0.0332. The van der Waals surface area contributed by atoms with Crippen molar-refractivity contribution in [2.24, 2.45) is 0 Å². The molecule has 0 radical (unpaired) electrons. The smallest absolute Gasteiger partial charge is 0.358 e. The van der Waals surface area contributed by atoms with E-state index < -0.39 is 5.97 Å². The van der Waals surface area contributed by atoms with E-state index in [1.54, 1.807) is 24.3 Å². The van der Waals surface area contributed by atoms with Gasteiger partial charge in [0.2, 0.25) is 0 Å². The van der Waals surface area contributed by atoms with Crippen molar-refractivity contribution in [2.45, 2.75) is 12.8 Å². The second-order valence-corrected chi connectivity index (χ2v) is 6.90. The maximum absolute atomic E-state index is 12.2. The number of imide groups is 1. The van der Waals surface area contributed by atoms with Crippen molar-refractivity contribution in [3.63, 3.8) is 0 Å². The number of esters is 1. The topological polar surface area (TPSA) is 76.6 Å². The molecular weight excluding hydrogens is 415 g/mol. The quantitative estimate of drug-likeness (QED) is 0.391. The van der Waals surface area contributed by atoms with Crippen LogP contribution in [0.4, 0.5) is 0 Å². The molecule has 0 saturated heterocycles. The lowest BCUT2D eigenvalue weighted by molar-refractivity contribution is 0.0479.